The molecule has 0 bridgehead atoms. The third-order valence-electron chi connectivity index (χ3n) is 3.57. The van der Waals surface area contributed by atoms with Crippen LogP contribution in [0, 0.1) is 0 Å². The van der Waals surface area contributed by atoms with Gasteiger partial charge in [-0.05, 0) is 49.4 Å². The molecule has 1 heterocycles. The van der Waals surface area contributed by atoms with Crippen LogP contribution in [0.15, 0.2) is 48.2 Å². The van der Waals surface area contributed by atoms with Crippen LogP contribution >= 0.6 is 0 Å². The van der Waals surface area contributed by atoms with Crippen molar-refractivity contribution in [1.29, 1.82) is 0 Å². The van der Waals surface area contributed by atoms with Gasteiger partial charge in [0.15, 0.2) is 0 Å². The minimum atomic E-state index is -2.86. The van der Waals surface area contributed by atoms with Gasteiger partial charge < -0.3 is 21.1 Å². The minimum Gasteiger partial charge on any atom is -0.435 e. The smallest absolute Gasteiger partial charge is 0.387 e. The molecular formula is C17H15F2N3O2. The number of ether oxygens (including phenoxy) is 1. The quantitative estimate of drug-likeness (QED) is 0.590. The molecule has 0 spiro atoms. The van der Waals surface area contributed by atoms with Gasteiger partial charge >= 0.3 is 6.61 Å². The Labute approximate surface area is 137 Å². The molecule has 0 fully saturated rings. The fourth-order valence-corrected chi connectivity index (χ4v) is 2.56. The zero-order valence-corrected chi connectivity index (χ0v) is 12.8. The van der Waals surface area contributed by atoms with Crippen LogP contribution in [0.5, 0.6) is 5.75 Å². The number of carbonyl (C=O) groups is 1. The van der Waals surface area contributed by atoms with Crippen LogP contribution < -0.4 is 21.1 Å². The number of allylic oxidation sites excluding steroid dienone is 1. The van der Waals surface area contributed by atoms with E-state index < -0.39 is 6.61 Å². The fraction of sp³-hybridized carbons (Fsp3) is 0.118. The summed E-state index contributed by atoms with van der Waals surface area (Å²) in [6, 6.07) is 11.2. The number of hydrogen-bond acceptors (Lipinski definition) is 4. The summed E-state index contributed by atoms with van der Waals surface area (Å²) in [4.78, 5) is 12.2. The number of nitrogen functional groups attached to an aromatic ring is 1. The first-order chi connectivity index (χ1) is 11.4. The van der Waals surface area contributed by atoms with Crippen molar-refractivity contribution < 1.29 is 18.3 Å². The van der Waals surface area contributed by atoms with Crippen molar-refractivity contribution in [3.8, 4) is 5.75 Å². The second-order valence-electron chi connectivity index (χ2n) is 5.29. The predicted molar refractivity (Wildman–Crippen MR) is 88.8 cm³/mol. The van der Waals surface area contributed by atoms with Gasteiger partial charge in [-0.15, -0.1) is 0 Å². The highest BCUT2D eigenvalue weighted by Gasteiger charge is 2.26. The Balaban J connectivity index is 1.86. The average Bonchev–Trinajstić information content (AvgIpc) is 2.84. The molecule has 124 valence electrons. The summed E-state index contributed by atoms with van der Waals surface area (Å²) in [6.45, 7) is -1.10. The van der Waals surface area contributed by atoms with Crippen molar-refractivity contribution in [3.63, 3.8) is 0 Å². The van der Waals surface area contributed by atoms with E-state index >= 15 is 0 Å². The van der Waals surface area contributed by atoms with Crippen molar-refractivity contribution in [3.05, 3.63) is 53.7 Å². The topological polar surface area (TPSA) is 76.4 Å². The number of carbonyl (C=O) groups excluding carboxylic acids is 1. The number of halogens is 2. The van der Waals surface area contributed by atoms with Crippen molar-refractivity contribution in [2.45, 2.75) is 13.5 Å². The molecule has 0 unspecified atom stereocenters. The molecule has 0 radical (unpaired) electrons. The van der Waals surface area contributed by atoms with E-state index in [4.69, 9.17) is 5.73 Å². The van der Waals surface area contributed by atoms with Gasteiger partial charge in [-0.3, -0.25) is 4.79 Å². The van der Waals surface area contributed by atoms with E-state index in [0.717, 1.165) is 5.56 Å². The lowest BCUT2D eigenvalue weighted by Gasteiger charge is -2.11. The number of benzene rings is 2. The molecule has 0 aromatic heterocycles. The highest BCUT2D eigenvalue weighted by atomic mass is 19.3. The molecule has 1 amide bonds. The van der Waals surface area contributed by atoms with Gasteiger partial charge in [-0.2, -0.15) is 8.78 Å². The summed E-state index contributed by atoms with van der Waals surface area (Å²) in [6.07, 6.45) is 0. The van der Waals surface area contributed by atoms with Crippen LogP contribution in [0.25, 0.3) is 5.57 Å². The normalized spacial score (nSPS) is 15.1. The summed E-state index contributed by atoms with van der Waals surface area (Å²) in [5, 5.41) is 5.87. The molecule has 7 heteroatoms. The van der Waals surface area contributed by atoms with E-state index in [1.165, 1.54) is 12.1 Å². The Kier molecular flexibility index (Phi) is 4.07. The lowest BCUT2D eigenvalue weighted by molar-refractivity contribution is -0.110. The average molecular weight is 331 g/mol. The lowest BCUT2D eigenvalue weighted by Crippen LogP contribution is -2.09. The van der Waals surface area contributed by atoms with E-state index in [2.05, 4.69) is 15.4 Å². The van der Waals surface area contributed by atoms with Gasteiger partial charge in [0.1, 0.15) is 5.75 Å². The molecule has 2 aromatic rings. The largest absolute Gasteiger partial charge is 0.435 e. The molecule has 1 aliphatic rings. The van der Waals surface area contributed by atoms with Crippen molar-refractivity contribution in [1.82, 2.24) is 0 Å². The molecule has 5 nitrogen and oxygen atoms in total. The summed E-state index contributed by atoms with van der Waals surface area (Å²) < 4.78 is 28.6. The number of nitrogens with two attached hydrogens (primary N) is 1. The van der Waals surface area contributed by atoms with E-state index in [1.807, 2.05) is 0 Å². The highest BCUT2D eigenvalue weighted by Crippen LogP contribution is 2.35. The maximum atomic E-state index is 12.2. The van der Waals surface area contributed by atoms with Gasteiger partial charge in [0.05, 0.1) is 5.57 Å². The number of nitrogens with one attached hydrogen (secondary N) is 2. The first-order valence-corrected chi connectivity index (χ1v) is 7.18. The van der Waals surface area contributed by atoms with Gasteiger partial charge in [0.2, 0.25) is 0 Å². The molecule has 4 N–H and O–H groups in total. The Morgan fingerprint density at radius 2 is 1.92 bits per heavy atom. The molecule has 0 aliphatic carbocycles. The van der Waals surface area contributed by atoms with Crippen LogP contribution in [-0.2, 0) is 4.79 Å². The molecule has 2 aromatic carbocycles. The molecular weight excluding hydrogens is 316 g/mol. The SMILES string of the molecule is C/C(Nc1ccc(OC(F)F)cc1)=C1/C(=O)Nc2ccc(N)cc21. The van der Waals surface area contributed by atoms with Crippen LogP contribution in [0.4, 0.5) is 25.8 Å². The number of alkyl halides is 2. The van der Waals surface area contributed by atoms with E-state index in [0.29, 0.717) is 28.3 Å². The van der Waals surface area contributed by atoms with Crippen molar-refractivity contribution in [2.75, 3.05) is 16.4 Å². The summed E-state index contributed by atoms with van der Waals surface area (Å²) in [7, 11) is 0. The third kappa shape index (κ3) is 3.15. The predicted octanol–water partition coefficient (Wildman–Crippen LogP) is 3.67. The van der Waals surface area contributed by atoms with Crippen LogP contribution in [0.3, 0.4) is 0 Å². The van der Waals surface area contributed by atoms with Gasteiger partial charge in [-0.25, -0.2) is 0 Å². The first kappa shape index (κ1) is 15.8. The summed E-state index contributed by atoms with van der Waals surface area (Å²) in [5.41, 5.74) is 9.53. The number of amides is 1. The number of hydrogen-bond donors (Lipinski definition) is 3. The van der Waals surface area contributed by atoms with Crippen LogP contribution in [0.1, 0.15) is 12.5 Å². The molecule has 0 saturated heterocycles. The first-order valence-electron chi connectivity index (χ1n) is 7.18. The second kappa shape index (κ2) is 6.19. The van der Waals surface area contributed by atoms with Gasteiger partial charge in [0.25, 0.3) is 5.91 Å². The standard InChI is InChI=1S/C17H15F2N3O2/c1-9(21-11-3-5-12(6-4-11)24-17(18)19)15-13-8-10(20)2-7-14(13)22-16(15)23/h2-8,17,21H,20H2,1H3,(H,22,23)/b15-9-. The monoisotopic (exact) mass is 331 g/mol. The van der Waals surface area contributed by atoms with Crippen molar-refractivity contribution >= 4 is 28.5 Å². The van der Waals surface area contributed by atoms with E-state index in [-0.39, 0.29) is 11.7 Å². The van der Waals surface area contributed by atoms with E-state index in [1.54, 1.807) is 37.3 Å². The Morgan fingerprint density at radius 3 is 2.58 bits per heavy atom. The lowest BCUT2D eigenvalue weighted by atomic mass is 10.0. The molecule has 24 heavy (non-hydrogen) atoms. The Morgan fingerprint density at radius 1 is 1.21 bits per heavy atom. The van der Waals surface area contributed by atoms with Crippen molar-refractivity contribution in [2.24, 2.45) is 0 Å². The maximum absolute atomic E-state index is 12.2. The maximum Gasteiger partial charge on any atom is 0.387 e. The number of anilines is 3. The Hall–Kier alpha value is -3.09. The Bertz CT molecular complexity index is 817. The second-order valence-corrected chi connectivity index (χ2v) is 5.29. The zero-order chi connectivity index (χ0) is 17.3. The highest BCUT2D eigenvalue weighted by molar-refractivity contribution is 6.32. The molecule has 0 saturated carbocycles. The minimum absolute atomic E-state index is 0.0672. The van der Waals surface area contributed by atoms with Gasteiger partial charge in [-0.1, -0.05) is 0 Å². The van der Waals surface area contributed by atoms with E-state index in [9.17, 15) is 13.6 Å². The third-order valence-corrected chi connectivity index (χ3v) is 3.57. The van der Waals surface area contributed by atoms with Crippen LogP contribution in [-0.4, -0.2) is 12.5 Å². The number of rotatable bonds is 4. The fourth-order valence-electron chi connectivity index (χ4n) is 2.56. The molecule has 1 aliphatic heterocycles. The summed E-state index contributed by atoms with van der Waals surface area (Å²) >= 11 is 0. The molecule has 3 rings (SSSR count). The zero-order valence-electron chi connectivity index (χ0n) is 12.8. The summed E-state index contributed by atoms with van der Waals surface area (Å²) in [5.74, 6) is -0.157. The number of fused-ring (bicyclic) bond motifs is 1. The van der Waals surface area contributed by atoms with Crippen LogP contribution in [0.2, 0.25) is 0 Å². The van der Waals surface area contributed by atoms with Gasteiger partial charge in [0, 0.05) is 28.3 Å². The molecule has 0 atom stereocenters.